The number of sulfone groups is 1. The smallest absolute Gasteiger partial charge is 0.205 e. The molecule has 0 fully saturated rings. The van der Waals surface area contributed by atoms with Gasteiger partial charge in [-0.15, -0.1) is 0 Å². The van der Waals surface area contributed by atoms with E-state index in [2.05, 4.69) is 0 Å². The van der Waals surface area contributed by atoms with Crippen molar-refractivity contribution >= 4 is 15.9 Å². The Morgan fingerprint density at radius 3 is 2.23 bits per heavy atom. The normalized spacial score (nSPS) is 13.9. The SMILES string of the molecule is CCC(O)/C(=C/c1ccccc1)S(=O)(=O)c1ccc(C)cc1. The van der Waals surface area contributed by atoms with E-state index in [0.29, 0.717) is 6.42 Å². The van der Waals surface area contributed by atoms with Gasteiger partial charge in [-0.2, -0.15) is 0 Å². The minimum absolute atomic E-state index is 0.0325. The minimum atomic E-state index is -3.72. The number of aryl methyl sites for hydroxylation is 1. The van der Waals surface area contributed by atoms with Crippen LogP contribution < -0.4 is 0 Å². The highest BCUT2D eigenvalue weighted by Gasteiger charge is 2.25. The van der Waals surface area contributed by atoms with E-state index in [-0.39, 0.29) is 9.80 Å². The Hall–Kier alpha value is -1.91. The molecule has 0 saturated carbocycles. The molecule has 1 unspecified atom stereocenters. The van der Waals surface area contributed by atoms with Crippen LogP contribution in [-0.2, 0) is 9.84 Å². The Labute approximate surface area is 131 Å². The second-order valence-electron chi connectivity index (χ2n) is 5.20. The summed E-state index contributed by atoms with van der Waals surface area (Å²) < 4.78 is 25.6. The zero-order valence-electron chi connectivity index (χ0n) is 12.7. The van der Waals surface area contributed by atoms with Crippen molar-refractivity contribution in [1.29, 1.82) is 0 Å². The van der Waals surface area contributed by atoms with Gasteiger partial charge >= 0.3 is 0 Å². The van der Waals surface area contributed by atoms with Crippen molar-refractivity contribution in [3.8, 4) is 0 Å². The Kier molecular flexibility index (Phi) is 5.16. The molecular formula is C18H20O3S. The first-order chi connectivity index (χ1) is 10.4. The lowest BCUT2D eigenvalue weighted by Gasteiger charge is -2.14. The molecular weight excluding hydrogens is 296 g/mol. The van der Waals surface area contributed by atoms with E-state index >= 15 is 0 Å². The monoisotopic (exact) mass is 316 g/mol. The summed E-state index contributed by atoms with van der Waals surface area (Å²) in [4.78, 5) is 0.234. The summed E-state index contributed by atoms with van der Waals surface area (Å²) in [5, 5.41) is 10.2. The molecule has 3 nitrogen and oxygen atoms in total. The van der Waals surface area contributed by atoms with Crippen LogP contribution in [0.5, 0.6) is 0 Å². The number of hydrogen-bond acceptors (Lipinski definition) is 3. The van der Waals surface area contributed by atoms with Crippen LogP contribution in [0.4, 0.5) is 0 Å². The van der Waals surface area contributed by atoms with Gasteiger partial charge in [0.1, 0.15) is 0 Å². The van der Waals surface area contributed by atoms with Crippen LogP contribution in [0.25, 0.3) is 6.08 Å². The molecule has 0 bridgehead atoms. The van der Waals surface area contributed by atoms with Crippen molar-refractivity contribution < 1.29 is 13.5 Å². The van der Waals surface area contributed by atoms with Gasteiger partial charge in [-0.3, -0.25) is 0 Å². The zero-order chi connectivity index (χ0) is 16.2. The molecule has 2 aromatic rings. The maximum absolute atomic E-state index is 12.8. The molecule has 0 amide bonds. The Morgan fingerprint density at radius 2 is 1.68 bits per heavy atom. The molecule has 0 heterocycles. The van der Waals surface area contributed by atoms with Crippen molar-refractivity contribution in [2.45, 2.75) is 31.3 Å². The standard InChI is InChI=1S/C18H20O3S/c1-3-17(19)18(13-15-7-5-4-6-8-15)22(20,21)16-11-9-14(2)10-12-16/h4-13,17,19H,3H2,1-2H3/b18-13-. The Balaban J connectivity index is 2.54. The molecule has 4 heteroatoms. The molecule has 0 aliphatic heterocycles. The number of aliphatic hydroxyl groups is 1. The lowest BCUT2D eigenvalue weighted by Crippen LogP contribution is -2.18. The highest BCUT2D eigenvalue weighted by molar-refractivity contribution is 7.95. The second kappa shape index (κ2) is 6.90. The van der Waals surface area contributed by atoms with Gasteiger partial charge in [-0.1, -0.05) is 55.0 Å². The average Bonchev–Trinajstić information content (AvgIpc) is 2.53. The van der Waals surface area contributed by atoms with Gasteiger partial charge in [0.15, 0.2) is 0 Å². The van der Waals surface area contributed by atoms with Crippen LogP contribution >= 0.6 is 0 Å². The van der Waals surface area contributed by atoms with Crippen LogP contribution in [0.2, 0.25) is 0 Å². The number of hydrogen-bond donors (Lipinski definition) is 1. The third kappa shape index (κ3) is 3.64. The average molecular weight is 316 g/mol. The molecule has 0 aromatic heterocycles. The molecule has 2 aromatic carbocycles. The summed E-state index contributed by atoms with van der Waals surface area (Å²) in [6.07, 6.45) is 0.860. The quantitative estimate of drug-likeness (QED) is 0.917. The van der Waals surface area contributed by atoms with Crippen LogP contribution in [0.1, 0.15) is 24.5 Å². The first-order valence-electron chi connectivity index (χ1n) is 7.21. The summed E-state index contributed by atoms with van der Waals surface area (Å²) in [6.45, 7) is 3.66. The minimum Gasteiger partial charge on any atom is -0.388 e. The number of benzene rings is 2. The van der Waals surface area contributed by atoms with Crippen LogP contribution in [0.15, 0.2) is 64.4 Å². The van der Waals surface area contributed by atoms with E-state index in [4.69, 9.17) is 0 Å². The van der Waals surface area contributed by atoms with Crippen LogP contribution in [0, 0.1) is 6.92 Å². The predicted molar refractivity (Wildman–Crippen MR) is 89.1 cm³/mol. The summed E-state index contributed by atoms with van der Waals surface area (Å²) in [5.41, 5.74) is 1.74. The van der Waals surface area contributed by atoms with Crippen molar-refractivity contribution in [1.82, 2.24) is 0 Å². The van der Waals surface area contributed by atoms with Crippen molar-refractivity contribution in [3.63, 3.8) is 0 Å². The van der Waals surface area contributed by atoms with E-state index in [1.165, 1.54) is 0 Å². The Morgan fingerprint density at radius 1 is 1.09 bits per heavy atom. The van der Waals surface area contributed by atoms with Crippen molar-refractivity contribution in [2.75, 3.05) is 0 Å². The molecule has 0 radical (unpaired) electrons. The third-order valence-electron chi connectivity index (χ3n) is 3.47. The maximum Gasteiger partial charge on any atom is 0.205 e. The van der Waals surface area contributed by atoms with Crippen LogP contribution in [-0.4, -0.2) is 19.6 Å². The molecule has 0 spiro atoms. The molecule has 1 N–H and O–H groups in total. The van der Waals surface area contributed by atoms with Gasteiger partial charge in [0, 0.05) is 0 Å². The fourth-order valence-electron chi connectivity index (χ4n) is 2.12. The van der Waals surface area contributed by atoms with Gasteiger partial charge in [-0.05, 0) is 37.1 Å². The van der Waals surface area contributed by atoms with Gasteiger partial charge < -0.3 is 5.11 Å². The fraction of sp³-hybridized carbons (Fsp3) is 0.222. The lowest BCUT2D eigenvalue weighted by molar-refractivity contribution is 0.215. The fourth-order valence-corrected chi connectivity index (χ4v) is 3.70. The first-order valence-corrected chi connectivity index (χ1v) is 8.70. The Bertz CT molecular complexity index is 745. The molecule has 0 aliphatic carbocycles. The van der Waals surface area contributed by atoms with Gasteiger partial charge in [0.05, 0.1) is 15.9 Å². The molecule has 0 aliphatic rings. The largest absolute Gasteiger partial charge is 0.388 e. The van der Waals surface area contributed by atoms with Crippen molar-refractivity contribution in [2.24, 2.45) is 0 Å². The summed E-state index contributed by atoms with van der Waals surface area (Å²) >= 11 is 0. The summed E-state index contributed by atoms with van der Waals surface area (Å²) in [6, 6.07) is 15.8. The van der Waals surface area contributed by atoms with E-state index in [0.717, 1.165) is 11.1 Å². The second-order valence-corrected chi connectivity index (χ2v) is 7.15. The third-order valence-corrected chi connectivity index (χ3v) is 5.37. The lowest BCUT2D eigenvalue weighted by atomic mass is 10.1. The van der Waals surface area contributed by atoms with Gasteiger partial charge in [0.2, 0.25) is 9.84 Å². The van der Waals surface area contributed by atoms with Gasteiger partial charge in [0.25, 0.3) is 0 Å². The van der Waals surface area contributed by atoms with Gasteiger partial charge in [-0.25, -0.2) is 8.42 Å². The van der Waals surface area contributed by atoms with E-state index in [9.17, 15) is 13.5 Å². The molecule has 2 rings (SSSR count). The molecule has 0 saturated heterocycles. The topological polar surface area (TPSA) is 54.4 Å². The summed E-state index contributed by atoms with van der Waals surface area (Å²) in [7, 11) is -3.72. The predicted octanol–water partition coefficient (Wildman–Crippen LogP) is 3.58. The number of aliphatic hydroxyl groups excluding tert-OH is 1. The van der Waals surface area contributed by atoms with E-state index < -0.39 is 15.9 Å². The van der Waals surface area contributed by atoms with Crippen LogP contribution in [0.3, 0.4) is 0 Å². The first kappa shape index (κ1) is 16.5. The zero-order valence-corrected chi connectivity index (χ0v) is 13.5. The highest BCUT2D eigenvalue weighted by Crippen LogP contribution is 2.26. The number of rotatable bonds is 5. The maximum atomic E-state index is 12.8. The van der Waals surface area contributed by atoms with E-state index in [1.54, 1.807) is 37.3 Å². The molecule has 1 atom stereocenters. The highest BCUT2D eigenvalue weighted by atomic mass is 32.2. The molecule has 116 valence electrons. The van der Waals surface area contributed by atoms with E-state index in [1.807, 2.05) is 37.3 Å². The molecule has 22 heavy (non-hydrogen) atoms. The summed E-state index contributed by atoms with van der Waals surface area (Å²) in [5.74, 6) is 0. The van der Waals surface area contributed by atoms with Crippen molar-refractivity contribution in [3.05, 3.63) is 70.6 Å².